The summed E-state index contributed by atoms with van der Waals surface area (Å²) < 4.78 is 18.7. The number of hydrogen-bond acceptors (Lipinski definition) is 2. The molecule has 5 heteroatoms. The predicted octanol–water partition coefficient (Wildman–Crippen LogP) is 6.13. The number of esters is 1. The van der Waals surface area contributed by atoms with Crippen LogP contribution in [-0.2, 0) is 16.1 Å². The van der Waals surface area contributed by atoms with E-state index in [9.17, 15) is 9.18 Å². The first-order valence-electron chi connectivity index (χ1n) is 8.33. The van der Waals surface area contributed by atoms with Gasteiger partial charge in [0, 0.05) is 0 Å². The molecule has 0 bridgehead atoms. The highest BCUT2D eigenvalue weighted by Gasteiger charge is 2.61. The summed E-state index contributed by atoms with van der Waals surface area (Å²) in [5.41, 5.74) is 2.52. The van der Waals surface area contributed by atoms with E-state index < -0.39 is 0 Å². The predicted molar refractivity (Wildman–Crippen MR) is 102 cm³/mol. The molecule has 1 aliphatic carbocycles. The number of halogens is 3. The third kappa shape index (κ3) is 4.11. The van der Waals surface area contributed by atoms with Gasteiger partial charge in [0.05, 0.1) is 5.92 Å². The Labute approximate surface area is 162 Å². The highest BCUT2D eigenvalue weighted by atomic mass is 35.5. The van der Waals surface area contributed by atoms with Gasteiger partial charge < -0.3 is 4.74 Å². The van der Waals surface area contributed by atoms with Gasteiger partial charge in [-0.25, -0.2) is 4.39 Å². The molecule has 0 aliphatic heterocycles. The lowest BCUT2D eigenvalue weighted by Gasteiger charge is -2.08. The molecule has 2 aromatic carbocycles. The summed E-state index contributed by atoms with van der Waals surface area (Å²) in [6.07, 6.45) is 1.70. The van der Waals surface area contributed by atoms with E-state index in [-0.39, 0.29) is 40.1 Å². The third-order valence-corrected chi connectivity index (χ3v) is 5.21. The van der Waals surface area contributed by atoms with Gasteiger partial charge in [0.15, 0.2) is 0 Å². The van der Waals surface area contributed by atoms with Crippen molar-refractivity contribution in [3.8, 4) is 11.1 Å². The Balaban J connectivity index is 1.65. The van der Waals surface area contributed by atoms with E-state index in [0.29, 0.717) is 0 Å². The van der Waals surface area contributed by atoms with Crippen molar-refractivity contribution in [3.05, 3.63) is 70.5 Å². The summed E-state index contributed by atoms with van der Waals surface area (Å²) >= 11 is 11.4. The Morgan fingerprint density at radius 1 is 1.15 bits per heavy atom. The van der Waals surface area contributed by atoms with Crippen LogP contribution in [0, 0.1) is 23.1 Å². The van der Waals surface area contributed by atoms with Crippen molar-refractivity contribution in [1.82, 2.24) is 0 Å². The molecule has 1 saturated carbocycles. The average Bonchev–Trinajstić information content (AvgIpc) is 3.13. The molecule has 26 heavy (non-hydrogen) atoms. The molecule has 0 aromatic heterocycles. The molecule has 0 radical (unpaired) electrons. The van der Waals surface area contributed by atoms with Gasteiger partial charge >= 0.3 is 5.97 Å². The van der Waals surface area contributed by atoms with Crippen molar-refractivity contribution in [3.63, 3.8) is 0 Å². The van der Waals surface area contributed by atoms with E-state index in [0.717, 1.165) is 16.7 Å². The zero-order valence-electron chi connectivity index (χ0n) is 14.5. The van der Waals surface area contributed by atoms with Crippen LogP contribution in [0.1, 0.15) is 19.4 Å². The van der Waals surface area contributed by atoms with E-state index >= 15 is 0 Å². The largest absolute Gasteiger partial charge is 0.461 e. The number of benzene rings is 2. The van der Waals surface area contributed by atoms with Crippen LogP contribution in [0.25, 0.3) is 11.1 Å². The molecule has 1 fully saturated rings. The Morgan fingerprint density at radius 2 is 1.85 bits per heavy atom. The van der Waals surface area contributed by atoms with Crippen LogP contribution < -0.4 is 0 Å². The highest BCUT2D eigenvalue weighted by Crippen LogP contribution is 2.60. The zero-order valence-corrected chi connectivity index (χ0v) is 16.0. The highest BCUT2D eigenvalue weighted by molar-refractivity contribution is 6.55. The maximum Gasteiger partial charge on any atom is 0.310 e. The van der Waals surface area contributed by atoms with Crippen LogP contribution in [0.3, 0.4) is 0 Å². The summed E-state index contributed by atoms with van der Waals surface area (Å²) in [4.78, 5) is 12.4. The summed E-state index contributed by atoms with van der Waals surface area (Å²) in [5.74, 6) is -0.773. The van der Waals surface area contributed by atoms with Gasteiger partial charge in [0.1, 0.15) is 16.9 Å². The Bertz CT molecular complexity index is 839. The van der Waals surface area contributed by atoms with E-state index in [1.54, 1.807) is 18.2 Å². The van der Waals surface area contributed by atoms with E-state index in [4.69, 9.17) is 27.9 Å². The topological polar surface area (TPSA) is 26.3 Å². The Kier molecular flexibility index (Phi) is 5.40. The maximum absolute atomic E-state index is 13.1. The van der Waals surface area contributed by atoms with Gasteiger partial charge in [-0.2, -0.15) is 0 Å². The molecule has 0 amide bonds. The lowest BCUT2D eigenvalue weighted by molar-refractivity contribution is -0.147. The van der Waals surface area contributed by atoms with Gasteiger partial charge in [-0.1, -0.05) is 67.4 Å². The minimum atomic E-state index is -0.272. The lowest BCUT2D eigenvalue weighted by Crippen LogP contribution is -2.10. The number of hydrogen-bond donors (Lipinski definition) is 0. The summed E-state index contributed by atoms with van der Waals surface area (Å²) in [7, 11) is 0. The van der Waals surface area contributed by atoms with Crippen LogP contribution in [0.5, 0.6) is 0 Å². The molecule has 0 N–H and O–H groups in total. The van der Waals surface area contributed by atoms with Crippen LogP contribution in [-0.4, -0.2) is 5.97 Å². The van der Waals surface area contributed by atoms with E-state index in [1.807, 2.05) is 38.1 Å². The Morgan fingerprint density at radius 3 is 2.50 bits per heavy atom. The second-order valence-corrected chi connectivity index (χ2v) is 8.10. The monoisotopic (exact) mass is 392 g/mol. The van der Waals surface area contributed by atoms with Crippen molar-refractivity contribution in [1.29, 1.82) is 0 Å². The minimum absolute atomic E-state index is 0.00875. The first-order chi connectivity index (χ1) is 12.3. The first-order valence-corrected chi connectivity index (χ1v) is 9.09. The minimum Gasteiger partial charge on any atom is -0.461 e. The zero-order chi connectivity index (χ0) is 18.9. The molecule has 2 aromatic rings. The van der Waals surface area contributed by atoms with Crippen molar-refractivity contribution in [2.24, 2.45) is 17.3 Å². The van der Waals surface area contributed by atoms with Gasteiger partial charge in [-0.15, -0.1) is 0 Å². The number of carbonyl (C=O) groups excluding carboxylic acids is 1. The fraction of sp³-hybridized carbons (Fsp3) is 0.286. The molecule has 2 atom stereocenters. The normalized spacial score (nSPS) is 20.3. The number of carbonyl (C=O) groups is 1. The molecule has 1 aliphatic rings. The molecular formula is C21H19Cl2FO2. The fourth-order valence-corrected chi connectivity index (χ4v) is 3.57. The second-order valence-electron chi connectivity index (χ2n) is 7.10. The molecular weight excluding hydrogens is 374 g/mol. The van der Waals surface area contributed by atoms with E-state index in [1.165, 1.54) is 12.1 Å². The molecule has 0 heterocycles. The summed E-state index contributed by atoms with van der Waals surface area (Å²) in [6, 6.07) is 13.9. The van der Waals surface area contributed by atoms with Gasteiger partial charge in [-0.05, 0) is 52.3 Å². The van der Waals surface area contributed by atoms with Crippen molar-refractivity contribution >= 4 is 29.2 Å². The fourth-order valence-electron chi connectivity index (χ4n) is 3.30. The summed E-state index contributed by atoms with van der Waals surface area (Å²) in [6.45, 7) is 4.17. The number of allylic oxidation sites excluding steroid dienone is 1. The van der Waals surface area contributed by atoms with Crippen molar-refractivity contribution in [2.45, 2.75) is 20.5 Å². The molecule has 0 unspecified atom stereocenters. The quantitative estimate of drug-likeness (QED) is 0.572. The smallest absolute Gasteiger partial charge is 0.310 e. The maximum atomic E-state index is 13.1. The Hall–Kier alpha value is -1.84. The lowest BCUT2D eigenvalue weighted by atomic mass is 10.0. The van der Waals surface area contributed by atoms with Crippen LogP contribution in [0.2, 0.25) is 0 Å². The van der Waals surface area contributed by atoms with Crippen LogP contribution in [0.4, 0.5) is 4.39 Å². The van der Waals surface area contributed by atoms with Gasteiger partial charge in [-0.3, -0.25) is 4.79 Å². The van der Waals surface area contributed by atoms with Gasteiger partial charge in [0.2, 0.25) is 0 Å². The number of rotatable bonds is 5. The molecule has 3 rings (SSSR count). The standard InChI is InChI=1S/C21H19Cl2FO2/c1-21(2)17(11-18(22)23)19(21)20(25)26-12-13-4-3-5-15(10-13)14-6-8-16(24)9-7-14/h3-11,17,19H,12H2,1-2H3/t17-,19+/m1/s1. The summed E-state index contributed by atoms with van der Waals surface area (Å²) in [5, 5.41) is 0. The molecule has 136 valence electrons. The van der Waals surface area contributed by atoms with Gasteiger partial charge in [0.25, 0.3) is 0 Å². The number of ether oxygens (including phenoxy) is 1. The first kappa shape index (κ1) is 18.9. The van der Waals surface area contributed by atoms with Crippen molar-refractivity contribution in [2.75, 3.05) is 0 Å². The second kappa shape index (κ2) is 7.42. The average molecular weight is 393 g/mol. The molecule has 2 nitrogen and oxygen atoms in total. The van der Waals surface area contributed by atoms with Crippen LogP contribution >= 0.6 is 23.2 Å². The van der Waals surface area contributed by atoms with Crippen LogP contribution in [0.15, 0.2) is 59.1 Å². The molecule has 0 saturated heterocycles. The molecule has 0 spiro atoms. The SMILES string of the molecule is CC1(C)[C@H](C=C(Cl)Cl)[C@H]1C(=O)OCc1cccc(-c2ccc(F)cc2)c1. The van der Waals surface area contributed by atoms with E-state index in [2.05, 4.69) is 0 Å². The van der Waals surface area contributed by atoms with Crippen molar-refractivity contribution < 1.29 is 13.9 Å². The third-order valence-electron chi connectivity index (χ3n) is 4.96.